The van der Waals surface area contributed by atoms with Crippen LogP contribution < -0.4 is 20.1 Å². The number of nitrogens with one attached hydrogen (secondary N) is 2. The molecule has 0 saturated carbocycles. The van der Waals surface area contributed by atoms with Crippen molar-refractivity contribution in [3.8, 4) is 11.5 Å². The monoisotopic (exact) mass is 415 g/mol. The summed E-state index contributed by atoms with van der Waals surface area (Å²) < 4.78 is 10.7. The third-order valence-electron chi connectivity index (χ3n) is 3.55. The normalized spacial score (nSPS) is 16.5. The molecule has 1 aliphatic heterocycles. The van der Waals surface area contributed by atoms with Gasteiger partial charge in [-0.1, -0.05) is 18.2 Å². The van der Waals surface area contributed by atoms with Crippen LogP contribution >= 0.6 is 24.0 Å². The number of hydrogen-bond acceptors (Lipinski definition) is 3. The highest BCUT2D eigenvalue weighted by atomic mass is 127. The molecule has 2 N–H and O–H groups in total. The van der Waals surface area contributed by atoms with Crippen molar-refractivity contribution >= 4 is 29.9 Å². The Kier molecular flexibility index (Phi) is 6.35. The fourth-order valence-corrected chi connectivity index (χ4v) is 2.46. The Labute approximate surface area is 148 Å². The molecule has 1 aromatic rings. The Morgan fingerprint density at radius 2 is 2.00 bits per heavy atom. The average molecular weight is 415 g/mol. The number of aliphatic imine (C=N–C) groups is 1. The van der Waals surface area contributed by atoms with Crippen molar-refractivity contribution in [3.63, 3.8) is 0 Å². The van der Waals surface area contributed by atoms with Gasteiger partial charge in [-0.25, -0.2) is 4.99 Å². The second-order valence-electron chi connectivity index (χ2n) is 5.17. The van der Waals surface area contributed by atoms with E-state index in [9.17, 15) is 0 Å². The third-order valence-corrected chi connectivity index (χ3v) is 3.55. The van der Waals surface area contributed by atoms with Crippen molar-refractivity contribution in [2.24, 2.45) is 4.99 Å². The number of fused-ring (bicyclic) bond motifs is 1. The molecule has 22 heavy (non-hydrogen) atoms. The molecular weight excluding hydrogens is 393 g/mol. The van der Waals surface area contributed by atoms with Gasteiger partial charge in [-0.3, -0.25) is 0 Å². The molecule has 3 rings (SSSR count). The average Bonchev–Trinajstić information content (AvgIpc) is 3.15. The second kappa shape index (κ2) is 8.26. The largest absolute Gasteiger partial charge is 0.454 e. The van der Waals surface area contributed by atoms with E-state index in [-0.39, 0.29) is 24.0 Å². The van der Waals surface area contributed by atoms with Crippen molar-refractivity contribution in [3.05, 3.63) is 35.9 Å². The van der Waals surface area contributed by atoms with E-state index in [1.165, 1.54) is 0 Å². The summed E-state index contributed by atoms with van der Waals surface area (Å²) in [6.45, 7) is 3.85. The lowest BCUT2D eigenvalue weighted by atomic mass is 10.2. The van der Waals surface area contributed by atoms with Gasteiger partial charge in [0.1, 0.15) is 0 Å². The van der Waals surface area contributed by atoms with Gasteiger partial charge in [0.05, 0.1) is 6.54 Å². The van der Waals surface area contributed by atoms with Crippen LogP contribution in [-0.2, 0) is 6.54 Å². The van der Waals surface area contributed by atoms with Gasteiger partial charge < -0.3 is 20.1 Å². The van der Waals surface area contributed by atoms with E-state index in [2.05, 4.69) is 34.7 Å². The summed E-state index contributed by atoms with van der Waals surface area (Å²) in [5, 5.41) is 6.75. The summed E-state index contributed by atoms with van der Waals surface area (Å²) in [6.07, 6.45) is 6.54. The Balaban J connectivity index is 0.00000176. The minimum Gasteiger partial charge on any atom is -0.454 e. The molecule has 0 fully saturated rings. The van der Waals surface area contributed by atoms with E-state index in [1.54, 1.807) is 0 Å². The topological polar surface area (TPSA) is 54.9 Å². The van der Waals surface area contributed by atoms with Crippen molar-refractivity contribution < 1.29 is 9.47 Å². The zero-order valence-electron chi connectivity index (χ0n) is 12.7. The summed E-state index contributed by atoms with van der Waals surface area (Å²) in [6, 6.07) is 6.41. The van der Waals surface area contributed by atoms with E-state index < -0.39 is 0 Å². The quantitative estimate of drug-likeness (QED) is 0.344. The maximum Gasteiger partial charge on any atom is 0.231 e. The van der Waals surface area contributed by atoms with E-state index in [0.29, 0.717) is 19.4 Å². The number of guanidine groups is 1. The predicted molar refractivity (Wildman–Crippen MR) is 98.1 cm³/mol. The standard InChI is InChI=1S/C16H21N3O2.HI/c1-2-17-16(19-13-5-3-4-6-13)18-10-12-7-8-14-15(9-12)21-11-20-14;/h3-4,7-9,13H,2,5-6,10-11H2,1H3,(H2,17,18,19);1H. The van der Waals surface area contributed by atoms with Crippen LogP contribution in [0.25, 0.3) is 0 Å². The van der Waals surface area contributed by atoms with E-state index in [4.69, 9.17) is 9.47 Å². The molecule has 6 heteroatoms. The molecule has 0 aromatic heterocycles. The second-order valence-corrected chi connectivity index (χ2v) is 5.17. The van der Waals surface area contributed by atoms with Crippen molar-refractivity contribution in [1.82, 2.24) is 10.6 Å². The van der Waals surface area contributed by atoms with Gasteiger partial charge in [0.15, 0.2) is 17.5 Å². The van der Waals surface area contributed by atoms with Crippen LogP contribution in [-0.4, -0.2) is 25.3 Å². The minimum absolute atomic E-state index is 0. The molecule has 5 nitrogen and oxygen atoms in total. The first-order valence-corrected chi connectivity index (χ1v) is 7.43. The first kappa shape index (κ1) is 16.9. The molecule has 0 bridgehead atoms. The van der Waals surface area contributed by atoms with Crippen molar-refractivity contribution in [2.45, 2.75) is 32.4 Å². The SMILES string of the molecule is CCNC(=NCc1ccc2c(c1)OCO2)NC1CC=CC1.I. The van der Waals surface area contributed by atoms with Crippen molar-refractivity contribution in [2.75, 3.05) is 13.3 Å². The van der Waals surface area contributed by atoms with Gasteiger partial charge in [0.25, 0.3) is 0 Å². The smallest absolute Gasteiger partial charge is 0.231 e. The molecule has 120 valence electrons. The Bertz CT molecular complexity index is 552. The van der Waals surface area contributed by atoms with Crippen molar-refractivity contribution in [1.29, 1.82) is 0 Å². The Hall–Kier alpha value is -1.44. The van der Waals surface area contributed by atoms with E-state index >= 15 is 0 Å². The molecule has 0 unspecified atom stereocenters. The highest BCUT2D eigenvalue weighted by Crippen LogP contribution is 2.32. The van der Waals surface area contributed by atoms with Crippen LogP contribution in [0.2, 0.25) is 0 Å². The van der Waals surface area contributed by atoms with Gasteiger partial charge in [-0.05, 0) is 37.5 Å². The van der Waals surface area contributed by atoms with Gasteiger partial charge in [-0.2, -0.15) is 0 Å². The molecule has 0 radical (unpaired) electrons. The molecule has 0 spiro atoms. The van der Waals surface area contributed by atoms with Crippen LogP contribution in [0.4, 0.5) is 0 Å². The number of rotatable bonds is 4. The highest BCUT2D eigenvalue weighted by Gasteiger charge is 2.14. The summed E-state index contributed by atoms with van der Waals surface area (Å²) in [5.74, 6) is 2.48. The molecule has 0 amide bonds. The highest BCUT2D eigenvalue weighted by molar-refractivity contribution is 14.0. The lowest BCUT2D eigenvalue weighted by Crippen LogP contribution is -2.42. The predicted octanol–water partition coefficient (Wildman–Crippen LogP) is 2.81. The summed E-state index contributed by atoms with van der Waals surface area (Å²) in [7, 11) is 0. The molecule has 1 aromatic carbocycles. The van der Waals surface area contributed by atoms with Crippen LogP contribution in [0.3, 0.4) is 0 Å². The van der Waals surface area contributed by atoms with Crippen LogP contribution in [0, 0.1) is 0 Å². The number of ether oxygens (including phenoxy) is 2. The van der Waals surface area contributed by atoms with Crippen LogP contribution in [0.15, 0.2) is 35.3 Å². The number of benzene rings is 1. The van der Waals surface area contributed by atoms with Crippen LogP contribution in [0.1, 0.15) is 25.3 Å². The Morgan fingerprint density at radius 3 is 2.77 bits per heavy atom. The summed E-state index contributed by atoms with van der Waals surface area (Å²) >= 11 is 0. The fourth-order valence-electron chi connectivity index (χ4n) is 2.46. The lowest BCUT2D eigenvalue weighted by Gasteiger charge is -2.16. The molecule has 0 atom stereocenters. The lowest BCUT2D eigenvalue weighted by molar-refractivity contribution is 0.174. The zero-order valence-corrected chi connectivity index (χ0v) is 15.0. The van der Waals surface area contributed by atoms with E-state index in [1.807, 2.05) is 18.2 Å². The zero-order chi connectivity index (χ0) is 14.5. The van der Waals surface area contributed by atoms with Gasteiger partial charge in [-0.15, -0.1) is 24.0 Å². The maximum atomic E-state index is 5.39. The number of nitrogens with zero attached hydrogens (tertiary/aromatic N) is 1. The van der Waals surface area contributed by atoms with Crippen LogP contribution in [0.5, 0.6) is 11.5 Å². The fraction of sp³-hybridized carbons (Fsp3) is 0.438. The number of halogens is 1. The first-order valence-electron chi connectivity index (χ1n) is 7.43. The molecule has 0 saturated heterocycles. The van der Waals surface area contributed by atoms with E-state index in [0.717, 1.165) is 42.4 Å². The first-order chi connectivity index (χ1) is 10.3. The molecule has 1 heterocycles. The van der Waals surface area contributed by atoms with Gasteiger partial charge in [0.2, 0.25) is 6.79 Å². The summed E-state index contributed by atoms with van der Waals surface area (Å²) in [5.41, 5.74) is 1.11. The van der Waals surface area contributed by atoms with Gasteiger partial charge in [0, 0.05) is 12.6 Å². The number of hydrogen-bond donors (Lipinski definition) is 2. The summed E-state index contributed by atoms with van der Waals surface area (Å²) in [4.78, 5) is 4.64. The maximum absolute atomic E-state index is 5.39. The molecule has 1 aliphatic carbocycles. The van der Waals surface area contributed by atoms with Gasteiger partial charge >= 0.3 is 0 Å². The molecular formula is C16H22IN3O2. The Morgan fingerprint density at radius 1 is 1.23 bits per heavy atom. The molecule has 2 aliphatic rings. The third kappa shape index (κ3) is 4.28. The minimum atomic E-state index is 0.